The minimum Gasteiger partial charge on any atom is -0.460 e. The van der Waals surface area contributed by atoms with Crippen molar-refractivity contribution in [3.8, 4) is 11.3 Å². The zero-order valence-electron chi connectivity index (χ0n) is 23.2. The first-order chi connectivity index (χ1) is 19.4. The minimum atomic E-state index is -0.802. The lowest BCUT2D eigenvalue weighted by Crippen LogP contribution is -2.31. The molecule has 0 aliphatic heterocycles. The van der Waals surface area contributed by atoms with Gasteiger partial charge in [0.25, 0.3) is 5.91 Å². The summed E-state index contributed by atoms with van der Waals surface area (Å²) in [6.07, 6.45) is -0.00141. The van der Waals surface area contributed by atoms with Gasteiger partial charge in [-0.05, 0) is 70.0 Å². The minimum absolute atomic E-state index is 0.0756. The second-order valence-corrected chi connectivity index (χ2v) is 12.1. The van der Waals surface area contributed by atoms with Crippen molar-refractivity contribution in [1.29, 1.82) is 0 Å². The fraction of sp³-hybridized carbons (Fsp3) is 0.281. The molecule has 214 valence electrons. The van der Waals surface area contributed by atoms with Gasteiger partial charge in [0.05, 0.1) is 21.8 Å². The van der Waals surface area contributed by atoms with Gasteiger partial charge in [0, 0.05) is 39.9 Å². The van der Waals surface area contributed by atoms with E-state index in [1.54, 1.807) is 20.8 Å². The van der Waals surface area contributed by atoms with Crippen molar-refractivity contribution in [2.24, 2.45) is 0 Å². The summed E-state index contributed by atoms with van der Waals surface area (Å²) in [5.74, 6) is -3.22. The van der Waals surface area contributed by atoms with Crippen molar-refractivity contribution in [1.82, 2.24) is 10.3 Å². The first-order valence-corrected chi connectivity index (χ1v) is 14.3. The summed E-state index contributed by atoms with van der Waals surface area (Å²) in [5.41, 5.74) is 2.42. The molecule has 1 amide bonds. The Bertz CT molecular complexity index is 1610. The fourth-order valence-electron chi connectivity index (χ4n) is 4.75. The zero-order valence-corrected chi connectivity index (χ0v) is 25.5. The molecule has 0 fully saturated rings. The van der Waals surface area contributed by atoms with Crippen molar-refractivity contribution in [2.75, 3.05) is 6.54 Å². The third kappa shape index (κ3) is 7.29. The Morgan fingerprint density at radius 1 is 1.05 bits per heavy atom. The molecular formula is C32H30BrClF2N2O3. The maximum Gasteiger partial charge on any atom is 0.306 e. The smallest absolute Gasteiger partial charge is 0.306 e. The van der Waals surface area contributed by atoms with Crippen LogP contribution in [-0.4, -0.2) is 29.0 Å². The number of aromatic nitrogens is 1. The van der Waals surface area contributed by atoms with Gasteiger partial charge >= 0.3 is 5.97 Å². The van der Waals surface area contributed by atoms with Crippen LogP contribution in [0.15, 0.2) is 65.1 Å². The van der Waals surface area contributed by atoms with Crippen molar-refractivity contribution >= 4 is 50.3 Å². The molecule has 0 aliphatic carbocycles. The molecule has 1 atom stereocenters. The molecule has 1 heterocycles. The molecule has 4 aromatic rings. The number of halogens is 4. The summed E-state index contributed by atoms with van der Waals surface area (Å²) < 4.78 is 35.5. The standard InChI is InChI=1S/C32H30BrClF2N2O3/c1-18-27(22-16-21(33)11-14-25(22)38-30(18)19-8-6-5-7-9-19)31(40)37-17-20(10-15-26(39)41-32(2,3)4)28-23(35)12-13-24(36)29(28)34/h5-9,11-14,16,20H,10,15,17H2,1-4H3,(H,37,40). The van der Waals surface area contributed by atoms with Crippen molar-refractivity contribution < 1.29 is 23.1 Å². The number of rotatable bonds is 8. The Morgan fingerprint density at radius 2 is 1.73 bits per heavy atom. The Kier molecular flexibility index (Phi) is 9.44. The molecule has 0 saturated heterocycles. The Hall–Kier alpha value is -3.36. The van der Waals surface area contributed by atoms with E-state index >= 15 is 0 Å². The number of carbonyl (C=O) groups is 2. The number of esters is 1. The molecule has 0 bridgehead atoms. The molecule has 1 unspecified atom stereocenters. The Morgan fingerprint density at radius 3 is 2.41 bits per heavy atom. The van der Waals surface area contributed by atoms with Crippen LogP contribution in [0.25, 0.3) is 22.2 Å². The molecule has 9 heteroatoms. The first kappa shape index (κ1) is 30.6. The highest BCUT2D eigenvalue weighted by Crippen LogP contribution is 2.34. The molecule has 3 aromatic carbocycles. The van der Waals surface area contributed by atoms with E-state index in [0.717, 1.165) is 22.2 Å². The first-order valence-electron chi connectivity index (χ1n) is 13.1. The van der Waals surface area contributed by atoms with E-state index in [4.69, 9.17) is 21.3 Å². The molecule has 0 radical (unpaired) electrons. The summed E-state index contributed by atoms with van der Waals surface area (Å²) in [4.78, 5) is 31.1. The number of hydrogen-bond acceptors (Lipinski definition) is 4. The van der Waals surface area contributed by atoms with Gasteiger partial charge in [0.15, 0.2) is 0 Å². The second-order valence-electron chi connectivity index (χ2n) is 10.8. The molecule has 41 heavy (non-hydrogen) atoms. The van der Waals surface area contributed by atoms with E-state index in [0.29, 0.717) is 27.7 Å². The number of nitrogens with zero attached hydrogens (tertiary/aromatic N) is 1. The summed E-state index contributed by atoms with van der Waals surface area (Å²) in [5, 5.41) is 3.15. The predicted molar refractivity (Wildman–Crippen MR) is 161 cm³/mol. The monoisotopic (exact) mass is 642 g/mol. The Balaban J connectivity index is 1.70. The molecule has 0 saturated carbocycles. The third-order valence-corrected chi connectivity index (χ3v) is 7.46. The molecule has 4 rings (SSSR count). The lowest BCUT2D eigenvalue weighted by Gasteiger charge is -2.23. The number of amides is 1. The predicted octanol–water partition coefficient (Wildman–Crippen LogP) is 8.54. The highest BCUT2D eigenvalue weighted by atomic mass is 79.9. The summed E-state index contributed by atoms with van der Waals surface area (Å²) in [6.45, 7) is 6.97. The van der Waals surface area contributed by atoms with E-state index in [-0.39, 0.29) is 30.0 Å². The zero-order chi connectivity index (χ0) is 29.9. The number of fused-ring (bicyclic) bond motifs is 1. The Labute approximate surface area is 251 Å². The topological polar surface area (TPSA) is 68.3 Å². The molecule has 1 aromatic heterocycles. The van der Waals surface area contributed by atoms with Crippen molar-refractivity contribution in [3.05, 3.63) is 98.5 Å². The van der Waals surface area contributed by atoms with Crippen LogP contribution in [-0.2, 0) is 9.53 Å². The maximum atomic E-state index is 15.0. The van der Waals surface area contributed by atoms with E-state index in [1.807, 2.05) is 55.5 Å². The van der Waals surface area contributed by atoms with E-state index in [2.05, 4.69) is 21.2 Å². The number of hydrogen-bond donors (Lipinski definition) is 1. The van der Waals surface area contributed by atoms with Gasteiger partial charge in [-0.1, -0.05) is 57.9 Å². The van der Waals surface area contributed by atoms with Crippen LogP contribution in [0.5, 0.6) is 0 Å². The average molecular weight is 644 g/mol. The van der Waals surface area contributed by atoms with Crippen molar-refractivity contribution in [2.45, 2.75) is 52.1 Å². The van der Waals surface area contributed by atoms with Gasteiger partial charge in [0.2, 0.25) is 0 Å². The largest absolute Gasteiger partial charge is 0.460 e. The average Bonchev–Trinajstić information content (AvgIpc) is 2.91. The quantitative estimate of drug-likeness (QED) is 0.154. The normalized spacial score (nSPS) is 12.3. The van der Waals surface area contributed by atoms with Crippen LogP contribution in [0.3, 0.4) is 0 Å². The van der Waals surface area contributed by atoms with E-state index in [9.17, 15) is 18.4 Å². The third-order valence-electron chi connectivity index (χ3n) is 6.58. The number of pyridine rings is 1. The van der Waals surface area contributed by atoms with Crippen LogP contribution >= 0.6 is 27.5 Å². The van der Waals surface area contributed by atoms with E-state index in [1.165, 1.54) is 0 Å². The molecule has 0 aliphatic rings. The van der Waals surface area contributed by atoms with Crippen LogP contribution in [0.4, 0.5) is 8.78 Å². The van der Waals surface area contributed by atoms with Gasteiger partial charge in [-0.3, -0.25) is 9.59 Å². The van der Waals surface area contributed by atoms with Crippen LogP contribution < -0.4 is 5.32 Å². The number of nitrogens with one attached hydrogen (secondary N) is 1. The lowest BCUT2D eigenvalue weighted by atomic mass is 9.92. The van der Waals surface area contributed by atoms with Crippen LogP contribution in [0.1, 0.15) is 61.0 Å². The molecular weight excluding hydrogens is 614 g/mol. The molecule has 5 nitrogen and oxygen atoms in total. The van der Waals surface area contributed by atoms with E-state index < -0.39 is 35.0 Å². The number of carbonyl (C=O) groups excluding carboxylic acids is 2. The summed E-state index contributed by atoms with van der Waals surface area (Å²) in [6, 6.07) is 17.0. The van der Waals surface area contributed by atoms with Crippen molar-refractivity contribution in [3.63, 3.8) is 0 Å². The highest BCUT2D eigenvalue weighted by Gasteiger charge is 2.26. The summed E-state index contributed by atoms with van der Waals surface area (Å²) in [7, 11) is 0. The van der Waals surface area contributed by atoms with Gasteiger partial charge in [-0.15, -0.1) is 0 Å². The van der Waals surface area contributed by atoms with Gasteiger partial charge < -0.3 is 10.1 Å². The fourth-order valence-corrected chi connectivity index (χ4v) is 5.42. The second kappa shape index (κ2) is 12.7. The lowest BCUT2D eigenvalue weighted by molar-refractivity contribution is -0.155. The highest BCUT2D eigenvalue weighted by molar-refractivity contribution is 9.10. The number of benzene rings is 3. The van der Waals surface area contributed by atoms with Crippen LogP contribution in [0, 0.1) is 18.6 Å². The van der Waals surface area contributed by atoms with Gasteiger partial charge in [-0.25, -0.2) is 13.8 Å². The van der Waals surface area contributed by atoms with Gasteiger partial charge in [0.1, 0.15) is 17.2 Å². The SMILES string of the molecule is Cc1c(-c2ccccc2)nc2ccc(Br)cc2c1C(=O)NCC(CCC(=O)OC(C)(C)C)c1c(F)ccc(F)c1Cl. The molecule has 0 spiro atoms. The van der Waals surface area contributed by atoms with Crippen LogP contribution in [0.2, 0.25) is 5.02 Å². The maximum absolute atomic E-state index is 15.0. The number of ether oxygens (including phenoxy) is 1. The molecule has 1 N–H and O–H groups in total. The van der Waals surface area contributed by atoms with Gasteiger partial charge in [-0.2, -0.15) is 0 Å². The summed E-state index contributed by atoms with van der Waals surface area (Å²) >= 11 is 9.68.